The van der Waals surface area contributed by atoms with Gasteiger partial charge < -0.3 is 0 Å². The molecule has 0 spiro atoms. The zero-order valence-electron chi connectivity index (χ0n) is 7.27. The predicted molar refractivity (Wildman–Crippen MR) is 52.5 cm³/mol. The minimum atomic E-state index is -3.58. The van der Waals surface area contributed by atoms with Crippen molar-refractivity contribution in [2.24, 2.45) is 5.14 Å². The number of hydrogen-bond acceptors (Lipinski definition) is 2. The van der Waals surface area contributed by atoms with Gasteiger partial charge in [0.1, 0.15) is 0 Å². The van der Waals surface area contributed by atoms with Gasteiger partial charge in [-0.1, -0.05) is 24.3 Å². The molecule has 0 fully saturated rings. The van der Waals surface area contributed by atoms with Gasteiger partial charge in [0.15, 0.2) is 0 Å². The van der Waals surface area contributed by atoms with Crippen molar-refractivity contribution in [1.82, 2.24) is 0 Å². The Kier molecular flexibility index (Phi) is 2.85. The van der Waals surface area contributed by atoms with Crippen molar-refractivity contribution in [2.75, 3.05) is 0 Å². The van der Waals surface area contributed by atoms with E-state index < -0.39 is 10.0 Å². The summed E-state index contributed by atoms with van der Waals surface area (Å²) in [6, 6.07) is 6.49. The summed E-state index contributed by atoms with van der Waals surface area (Å²) in [4.78, 5) is 0.142. The standard InChI is InChI=1S/C9H11NO2S/c1-2-4-8-5-3-6-9(7-8)13(10,11)12/h2-7H,1H3,(H2,10,11,12)/b4-2+. The maximum absolute atomic E-state index is 10.9. The van der Waals surface area contributed by atoms with Crippen molar-refractivity contribution >= 4 is 16.1 Å². The fourth-order valence-corrected chi connectivity index (χ4v) is 1.56. The molecule has 0 aromatic heterocycles. The van der Waals surface area contributed by atoms with E-state index in [-0.39, 0.29) is 4.90 Å². The Hall–Kier alpha value is -1.13. The van der Waals surface area contributed by atoms with Gasteiger partial charge in [0.05, 0.1) is 4.90 Å². The van der Waals surface area contributed by atoms with Crippen LogP contribution in [0.25, 0.3) is 6.08 Å². The van der Waals surface area contributed by atoms with Gasteiger partial charge in [0.2, 0.25) is 10.0 Å². The number of allylic oxidation sites excluding steroid dienone is 1. The van der Waals surface area contributed by atoms with E-state index in [1.54, 1.807) is 6.07 Å². The average molecular weight is 197 g/mol. The first kappa shape index (κ1) is 9.95. The molecular formula is C9H11NO2S. The quantitative estimate of drug-likeness (QED) is 0.778. The lowest BCUT2D eigenvalue weighted by Gasteiger charge is -1.98. The van der Waals surface area contributed by atoms with Crippen molar-refractivity contribution < 1.29 is 8.42 Å². The monoisotopic (exact) mass is 197 g/mol. The van der Waals surface area contributed by atoms with Gasteiger partial charge in [-0.15, -0.1) is 0 Å². The molecule has 0 amide bonds. The minimum absolute atomic E-state index is 0.142. The fraction of sp³-hybridized carbons (Fsp3) is 0.111. The molecule has 0 aliphatic heterocycles. The number of primary sulfonamides is 1. The van der Waals surface area contributed by atoms with Gasteiger partial charge in [-0.05, 0) is 24.6 Å². The minimum Gasteiger partial charge on any atom is -0.225 e. The van der Waals surface area contributed by atoms with Crippen LogP contribution in [0.2, 0.25) is 0 Å². The number of benzene rings is 1. The number of sulfonamides is 1. The van der Waals surface area contributed by atoms with E-state index in [4.69, 9.17) is 5.14 Å². The first-order valence-electron chi connectivity index (χ1n) is 3.79. The third-order valence-corrected chi connectivity index (χ3v) is 2.46. The van der Waals surface area contributed by atoms with E-state index in [9.17, 15) is 8.42 Å². The molecule has 2 N–H and O–H groups in total. The van der Waals surface area contributed by atoms with Crippen LogP contribution in [0, 0.1) is 0 Å². The van der Waals surface area contributed by atoms with Gasteiger partial charge in [0, 0.05) is 0 Å². The zero-order chi connectivity index (χ0) is 9.90. The molecule has 1 aromatic carbocycles. The van der Waals surface area contributed by atoms with Crippen LogP contribution in [0.15, 0.2) is 35.2 Å². The van der Waals surface area contributed by atoms with E-state index >= 15 is 0 Å². The van der Waals surface area contributed by atoms with Crippen LogP contribution >= 0.6 is 0 Å². The lowest BCUT2D eigenvalue weighted by molar-refractivity contribution is 0.598. The summed E-state index contributed by atoms with van der Waals surface area (Å²) < 4.78 is 21.9. The Balaban J connectivity index is 3.21. The van der Waals surface area contributed by atoms with Crippen molar-refractivity contribution in [3.8, 4) is 0 Å². The Morgan fingerprint density at radius 3 is 2.62 bits per heavy atom. The normalized spacial score (nSPS) is 12.2. The van der Waals surface area contributed by atoms with E-state index in [1.807, 2.05) is 25.1 Å². The van der Waals surface area contributed by atoms with Gasteiger partial charge in [-0.25, -0.2) is 13.6 Å². The topological polar surface area (TPSA) is 60.2 Å². The number of hydrogen-bond donors (Lipinski definition) is 1. The molecule has 0 saturated carbocycles. The first-order valence-corrected chi connectivity index (χ1v) is 5.34. The third kappa shape index (κ3) is 2.68. The van der Waals surface area contributed by atoms with Crippen molar-refractivity contribution in [3.63, 3.8) is 0 Å². The molecule has 0 bridgehead atoms. The van der Waals surface area contributed by atoms with E-state index in [2.05, 4.69) is 0 Å². The highest BCUT2D eigenvalue weighted by Crippen LogP contribution is 2.10. The second-order valence-electron chi connectivity index (χ2n) is 2.62. The fourth-order valence-electron chi connectivity index (χ4n) is 0.988. The molecule has 0 atom stereocenters. The SMILES string of the molecule is C/C=C/c1cccc(S(N)(=O)=O)c1. The lowest BCUT2D eigenvalue weighted by atomic mass is 10.2. The Labute approximate surface area is 77.9 Å². The van der Waals surface area contributed by atoms with Crippen LogP contribution in [0.5, 0.6) is 0 Å². The number of nitrogens with two attached hydrogens (primary N) is 1. The molecule has 1 rings (SSSR count). The molecule has 0 unspecified atom stereocenters. The van der Waals surface area contributed by atoms with Crippen LogP contribution in [0.1, 0.15) is 12.5 Å². The smallest absolute Gasteiger partial charge is 0.225 e. The summed E-state index contributed by atoms with van der Waals surface area (Å²) in [6.45, 7) is 1.86. The molecule has 4 heteroatoms. The van der Waals surface area contributed by atoms with E-state index in [1.165, 1.54) is 12.1 Å². The van der Waals surface area contributed by atoms with Crippen molar-refractivity contribution in [3.05, 3.63) is 35.9 Å². The molecule has 0 aliphatic carbocycles. The second-order valence-corrected chi connectivity index (χ2v) is 4.18. The van der Waals surface area contributed by atoms with Gasteiger partial charge in [0.25, 0.3) is 0 Å². The van der Waals surface area contributed by atoms with Crippen molar-refractivity contribution in [2.45, 2.75) is 11.8 Å². The molecule has 0 heterocycles. The third-order valence-electron chi connectivity index (χ3n) is 1.55. The average Bonchev–Trinajstić information content (AvgIpc) is 2.04. The maximum atomic E-state index is 10.9. The highest BCUT2D eigenvalue weighted by atomic mass is 32.2. The van der Waals surface area contributed by atoms with Crippen LogP contribution < -0.4 is 5.14 Å². The van der Waals surface area contributed by atoms with Crippen LogP contribution in [0.3, 0.4) is 0 Å². The van der Waals surface area contributed by atoms with Crippen molar-refractivity contribution in [1.29, 1.82) is 0 Å². The number of rotatable bonds is 2. The van der Waals surface area contributed by atoms with Crippen LogP contribution in [0.4, 0.5) is 0 Å². The second kappa shape index (κ2) is 3.72. The summed E-state index contributed by atoms with van der Waals surface area (Å²) in [5, 5.41) is 4.97. The summed E-state index contributed by atoms with van der Waals surface area (Å²) in [5.74, 6) is 0. The Morgan fingerprint density at radius 2 is 2.08 bits per heavy atom. The summed E-state index contributed by atoms with van der Waals surface area (Å²) in [6.07, 6.45) is 3.65. The van der Waals surface area contributed by atoms with Gasteiger partial charge in [-0.3, -0.25) is 0 Å². The van der Waals surface area contributed by atoms with Crippen LogP contribution in [-0.4, -0.2) is 8.42 Å². The van der Waals surface area contributed by atoms with E-state index in [0.29, 0.717) is 0 Å². The molecule has 0 radical (unpaired) electrons. The van der Waals surface area contributed by atoms with Gasteiger partial charge >= 0.3 is 0 Å². The Morgan fingerprint density at radius 1 is 1.38 bits per heavy atom. The highest BCUT2D eigenvalue weighted by Gasteiger charge is 2.06. The summed E-state index contributed by atoms with van der Waals surface area (Å²) >= 11 is 0. The molecule has 70 valence electrons. The van der Waals surface area contributed by atoms with E-state index in [0.717, 1.165) is 5.56 Å². The molecular weight excluding hydrogens is 186 g/mol. The molecule has 0 aliphatic rings. The summed E-state index contributed by atoms with van der Waals surface area (Å²) in [5.41, 5.74) is 0.828. The molecule has 13 heavy (non-hydrogen) atoms. The predicted octanol–water partition coefficient (Wildman–Crippen LogP) is 1.37. The highest BCUT2D eigenvalue weighted by molar-refractivity contribution is 7.89. The van der Waals surface area contributed by atoms with Gasteiger partial charge in [-0.2, -0.15) is 0 Å². The molecule has 3 nitrogen and oxygen atoms in total. The lowest BCUT2D eigenvalue weighted by Crippen LogP contribution is -2.11. The Bertz CT molecular complexity index is 421. The zero-order valence-corrected chi connectivity index (χ0v) is 8.08. The molecule has 1 aromatic rings. The van der Waals surface area contributed by atoms with Crippen LogP contribution in [-0.2, 0) is 10.0 Å². The molecule has 0 saturated heterocycles. The first-order chi connectivity index (χ1) is 6.04. The maximum Gasteiger partial charge on any atom is 0.238 e. The largest absolute Gasteiger partial charge is 0.238 e. The summed E-state index contributed by atoms with van der Waals surface area (Å²) in [7, 11) is -3.58.